The zero-order valence-electron chi connectivity index (χ0n) is 9.53. The number of halogens is 1. The molecule has 0 amide bonds. The molecule has 0 saturated heterocycles. The van der Waals surface area contributed by atoms with E-state index in [1.54, 1.807) is 12.1 Å². The topological polar surface area (TPSA) is 59.0 Å². The third kappa shape index (κ3) is 2.56. The number of nitrogens with two attached hydrogens (primary N) is 1. The standard InChI is InChI=1S/C13H15FN2O/c14-10-4-3-7-12(9(10)8-15)17-13-6-2-1-5-11(13)16/h3-4,7,11,13H,1-2,5-6,16H2. The van der Waals surface area contributed by atoms with Crippen molar-refractivity contribution in [2.75, 3.05) is 0 Å². The largest absolute Gasteiger partial charge is 0.487 e. The second-order valence-corrected chi connectivity index (χ2v) is 4.33. The number of ether oxygens (including phenoxy) is 1. The van der Waals surface area contributed by atoms with E-state index < -0.39 is 5.82 Å². The van der Waals surface area contributed by atoms with Gasteiger partial charge in [0, 0.05) is 6.04 Å². The van der Waals surface area contributed by atoms with Gasteiger partial charge in [-0.05, 0) is 31.4 Å². The van der Waals surface area contributed by atoms with Crippen molar-refractivity contribution < 1.29 is 9.13 Å². The Kier molecular flexibility index (Phi) is 3.60. The molecule has 2 rings (SSSR count). The van der Waals surface area contributed by atoms with Gasteiger partial charge in [-0.25, -0.2) is 4.39 Å². The van der Waals surface area contributed by atoms with Crippen LogP contribution in [0.5, 0.6) is 5.75 Å². The highest BCUT2D eigenvalue weighted by atomic mass is 19.1. The van der Waals surface area contributed by atoms with Gasteiger partial charge in [0.2, 0.25) is 0 Å². The first kappa shape index (κ1) is 11.9. The molecule has 0 aliphatic heterocycles. The summed E-state index contributed by atoms with van der Waals surface area (Å²) in [6, 6.07) is 6.21. The van der Waals surface area contributed by atoms with Crippen LogP contribution in [0.4, 0.5) is 4.39 Å². The fraction of sp³-hybridized carbons (Fsp3) is 0.462. The van der Waals surface area contributed by atoms with Crippen molar-refractivity contribution in [3.05, 3.63) is 29.6 Å². The predicted octanol–water partition coefficient (Wildman–Crippen LogP) is 2.35. The second kappa shape index (κ2) is 5.15. The first-order chi connectivity index (χ1) is 8.22. The highest BCUT2D eigenvalue weighted by Gasteiger charge is 2.24. The molecule has 2 N–H and O–H groups in total. The van der Waals surface area contributed by atoms with Gasteiger partial charge in [0.1, 0.15) is 29.3 Å². The molecule has 0 aromatic heterocycles. The molecule has 0 heterocycles. The van der Waals surface area contributed by atoms with E-state index in [1.807, 2.05) is 6.07 Å². The first-order valence-corrected chi connectivity index (χ1v) is 5.83. The van der Waals surface area contributed by atoms with Crippen LogP contribution in [0.2, 0.25) is 0 Å². The van der Waals surface area contributed by atoms with E-state index in [0.717, 1.165) is 25.7 Å². The quantitative estimate of drug-likeness (QED) is 0.854. The summed E-state index contributed by atoms with van der Waals surface area (Å²) in [6.07, 6.45) is 3.84. The van der Waals surface area contributed by atoms with Crippen LogP contribution in [0.1, 0.15) is 31.2 Å². The fourth-order valence-electron chi connectivity index (χ4n) is 2.15. The summed E-state index contributed by atoms with van der Waals surface area (Å²) in [7, 11) is 0. The summed E-state index contributed by atoms with van der Waals surface area (Å²) in [5.41, 5.74) is 5.92. The maximum atomic E-state index is 13.4. The maximum Gasteiger partial charge on any atom is 0.144 e. The minimum Gasteiger partial charge on any atom is -0.487 e. The normalized spacial score (nSPS) is 24.1. The average Bonchev–Trinajstić information content (AvgIpc) is 2.32. The molecule has 3 nitrogen and oxygen atoms in total. The molecule has 17 heavy (non-hydrogen) atoms. The Morgan fingerprint density at radius 2 is 2.12 bits per heavy atom. The van der Waals surface area contributed by atoms with Crippen LogP contribution in [0.15, 0.2) is 18.2 Å². The van der Waals surface area contributed by atoms with Gasteiger partial charge in [0.05, 0.1) is 0 Å². The molecule has 1 aromatic carbocycles. The lowest BCUT2D eigenvalue weighted by Gasteiger charge is -2.29. The summed E-state index contributed by atoms with van der Waals surface area (Å²) in [6.45, 7) is 0. The highest BCUT2D eigenvalue weighted by Crippen LogP contribution is 2.26. The van der Waals surface area contributed by atoms with E-state index in [-0.39, 0.29) is 17.7 Å². The van der Waals surface area contributed by atoms with Crippen LogP contribution >= 0.6 is 0 Å². The SMILES string of the molecule is N#Cc1c(F)cccc1OC1CCCCC1N. The van der Waals surface area contributed by atoms with Gasteiger partial charge < -0.3 is 10.5 Å². The molecule has 2 atom stereocenters. The van der Waals surface area contributed by atoms with Crippen molar-refractivity contribution in [1.29, 1.82) is 5.26 Å². The van der Waals surface area contributed by atoms with Crippen molar-refractivity contribution in [3.63, 3.8) is 0 Å². The molecule has 1 aromatic rings. The van der Waals surface area contributed by atoms with Gasteiger partial charge >= 0.3 is 0 Å². The van der Waals surface area contributed by atoms with Gasteiger partial charge in [-0.15, -0.1) is 0 Å². The highest BCUT2D eigenvalue weighted by molar-refractivity contribution is 5.43. The van der Waals surface area contributed by atoms with E-state index in [0.29, 0.717) is 5.75 Å². The Labute approximate surface area is 100.0 Å². The number of benzene rings is 1. The van der Waals surface area contributed by atoms with Crippen LogP contribution < -0.4 is 10.5 Å². The van der Waals surface area contributed by atoms with Gasteiger partial charge in [0.25, 0.3) is 0 Å². The van der Waals surface area contributed by atoms with Crippen LogP contribution in [-0.4, -0.2) is 12.1 Å². The van der Waals surface area contributed by atoms with Crippen molar-refractivity contribution in [1.82, 2.24) is 0 Å². The summed E-state index contributed by atoms with van der Waals surface area (Å²) >= 11 is 0. The third-order valence-electron chi connectivity index (χ3n) is 3.12. The van der Waals surface area contributed by atoms with Crippen molar-refractivity contribution in [3.8, 4) is 11.8 Å². The van der Waals surface area contributed by atoms with Gasteiger partial charge in [0.15, 0.2) is 0 Å². The van der Waals surface area contributed by atoms with Crippen LogP contribution in [0, 0.1) is 17.1 Å². The summed E-state index contributed by atoms with van der Waals surface area (Å²) < 4.78 is 19.1. The minimum atomic E-state index is -0.547. The van der Waals surface area contributed by atoms with Crippen LogP contribution in [0.25, 0.3) is 0 Å². The summed E-state index contributed by atoms with van der Waals surface area (Å²) in [5.74, 6) is -0.246. The van der Waals surface area contributed by atoms with Crippen molar-refractivity contribution >= 4 is 0 Å². The zero-order chi connectivity index (χ0) is 12.3. The van der Waals surface area contributed by atoms with E-state index in [1.165, 1.54) is 6.07 Å². The van der Waals surface area contributed by atoms with E-state index in [9.17, 15) is 4.39 Å². The molecule has 1 fully saturated rings. The van der Waals surface area contributed by atoms with E-state index in [4.69, 9.17) is 15.7 Å². The lowest BCUT2D eigenvalue weighted by molar-refractivity contribution is 0.131. The van der Waals surface area contributed by atoms with Crippen molar-refractivity contribution in [2.24, 2.45) is 5.73 Å². The number of hydrogen-bond donors (Lipinski definition) is 1. The number of nitrogens with zero attached hydrogens (tertiary/aromatic N) is 1. The molecule has 0 spiro atoms. The Balaban J connectivity index is 2.18. The van der Waals surface area contributed by atoms with Crippen molar-refractivity contribution in [2.45, 2.75) is 37.8 Å². The van der Waals surface area contributed by atoms with Gasteiger partial charge in [-0.2, -0.15) is 5.26 Å². The lowest BCUT2D eigenvalue weighted by atomic mass is 9.93. The fourth-order valence-corrected chi connectivity index (χ4v) is 2.15. The predicted molar refractivity (Wildman–Crippen MR) is 62.0 cm³/mol. The molecule has 0 bridgehead atoms. The smallest absolute Gasteiger partial charge is 0.144 e. The third-order valence-corrected chi connectivity index (χ3v) is 3.12. The molecule has 2 unspecified atom stereocenters. The first-order valence-electron chi connectivity index (χ1n) is 5.83. The second-order valence-electron chi connectivity index (χ2n) is 4.33. The molecule has 1 aliphatic rings. The Morgan fingerprint density at radius 3 is 2.82 bits per heavy atom. The summed E-state index contributed by atoms with van der Waals surface area (Å²) in [5, 5.41) is 8.89. The molecule has 1 saturated carbocycles. The molecular weight excluding hydrogens is 219 g/mol. The zero-order valence-corrected chi connectivity index (χ0v) is 9.53. The molecule has 1 aliphatic carbocycles. The maximum absolute atomic E-state index is 13.4. The van der Waals surface area contributed by atoms with E-state index >= 15 is 0 Å². The monoisotopic (exact) mass is 234 g/mol. The lowest BCUT2D eigenvalue weighted by Crippen LogP contribution is -2.41. The van der Waals surface area contributed by atoms with Crippen LogP contribution in [0.3, 0.4) is 0 Å². The number of rotatable bonds is 2. The van der Waals surface area contributed by atoms with E-state index in [2.05, 4.69) is 0 Å². The average molecular weight is 234 g/mol. The molecular formula is C13H15FN2O. The van der Waals surface area contributed by atoms with Gasteiger partial charge in [-0.1, -0.05) is 12.5 Å². The Morgan fingerprint density at radius 1 is 1.35 bits per heavy atom. The molecule has 4 heteroatoms. The Bertz CT molecular complexity index is 442. The minimum absolute atomic E-state index is 0.0291. The molecule has 0 radical (unpaired) electrons. The number of nitriles is 1. The molecule has 90 valence electrons. The Hall–Kier alpha value is -1.60. The van der Waals surface area contributed by atoms with Crippen LogP contribution in [-0.2, 0) is 0 Å². The van der Waals surface area contributed by atoms with Gasteiger partial charge in [-0.3, -0.25) is 0 Å². The number of hydrogen-bond acceptors (Lipinski definition) is 3. The summed E-state index contributed by atoms with van der Waals surface area (Å²) in [4.78, 5) is 0.